The number of aromatic nitrogens is 1. The van der Waals surface area contributed by atoms with E-state index in [1.807, 2.05) is 12.1 Å². The molecule has 0 bridgehead atoms. The predicted molar refractivity (Wildman–Crippen MR) is 84.3 cm³/mol. The molecule has 3 aromatic rings. The van der Waals surface area contributed by atoms with Gasteiger partial charge in [0.2, 0.25) is 0 Å². The highest BCUT2D eigenvalue weighted by Gasteiger charge is 2.10. The maximum absolute atomic E-state index is 12.2. The van der Waals surface area contributed by atoms with Gasteiger partial charge in [-0.05, 0) is 48.5 Å². The fourth-order valence-corrected chi connectivity index (χ4v) is 2.28. The summed E-state index contributed by atoms with van der Waals surface area (Å²) in [6, 6.07) is 14.4. The van der Waals surface area contributed by atoms with Gasteiger partial charge in [0, 0.05) is 21.6 Å². The molecule has 1 heterocycles. The molecule has 0 radical (unpaired) electrons. The molecule has 0 saturated carbocycles. The van der Waals surface area contributed by atoms with E-state index in [-0.39, 0.29) is 5.91 Å². The van der Waals surface area contributed by atoms with Crippen LogP contribution in [0.5, 0.6) is 5.75 Å². The summed E-state index contributed by atoms with van der Waals surface area (Å²) in [5.41, 5.74) is 2.07. The van der Waals surface area contributed by atoms with Crippen LogP contribution in [0.2, 0.25) is 5.02 Å². The monoisotopic (exact) mass is 300 g/mol. The molecule has 106 valence electrons. The summed E-state index contributed by atoms with van der Waals surface area (Å²) in [4.78, 5) is 15.3. The van der Waals surface area contributed by atoms with Gasteiger partial charge in [0.25, 0.3) is 5.91 Å². The Kier molecular flexibility index (Phi) is 3.54. The number of hydrogen-bond acceptors (Lipinski definition) is 2. The van der Waals surface area contributed by atoms with Gasteiger partial charge in [-0.25, -0.2) is 0 Å². The van der Waals surface area contributed by atoms with Crippen LogP contribution in [-0.4, -0.2) is 18.0 Å². The van der Waals surface area contributed by atoms with Crippen LogP contribution in [0.15, 0.2) is 48.5 Å². The van der Waals surface area contributed by atoms with Gasteiger partial charge in [-0.15, -0.1) is 0 Å². The van der Waals surface area contributed by atoms with Crippen molar-refractivity contribution in [1.82, 2.24) is 4.98 Å². The van der Waals surface area contributed by atoms with Crippen LogP contribution in [0.25, 0.3) is 10.9 Å². The van der Waals surface area contributed by atoms with Gasteiger partial charge in [-0.3, -0.25) is 4.79 Å². The standard InChI is InChI=1S/C16H13ClN2O2/c1-21-13-5-3-12(4-6-13)18-16(20)15-9-10-8-11(17)2-7-14(10)19-15/h2-9,19H,1H3,(H,18,20). The zero-order valence-electron chi connectivity index (χ0n) is 11.3. The van der Waals surface area contributed by atoms with Gasteiger partial charge in [0.1, 0.15) is 11.4 Å². The van der Waals surface area contributed by atoms with E-state index >= 15 is 0 Å². The van der Waals surface area contributed by atoms with Crippen molar-refractivity contribution in [3.63, 3.8) is 0 Å². The van der Waals surface area contributed by atoms with Gasteiger partial charge in [-0.1, -0.05) is 11.6 Å². The minimum atomic E-state index is -0.201. The normalized spacial score (nSPS) is 10.6. The summed E-state index contributed by atoms with van der Waals surface area (Å²) in [5.74, 6) is 0.542. The number of methoxy groups -OCH3 is 1. The highest BCUT2D eigenvalue weighted by atomic mass is 35.5. The zero-order valence-corrected chi connectivity index (χ0v) is 12.1. The lowest BCUT2D eigenvalue weighted by molar-refractivity contribution is 0.102. The highest BCUT2D eigenvalue weighted by Crippen LogP contribution is 2.21. The second kappa shape index (κ2) is 5.50. The molecule has 2 aromatic carbocycles. The Morgan fingerprint density at radius 1 is 1.14 bits per heavy atom. The number of amides is 1. The van der Waals surface area contributed by atoms with Crippen molar-refractivity contribution in [2.24, 2.45) is 0 Å². The molecule has 0 atom stereocenters. The van der Waals surface area contributed by atoms with Gasteiger partial charge >= 0.3 is 0 Å². The number of halogens is 1. The number of aromatic amines is 1. The first-order chi connectivity index (χ1) is 10.2. The summed E-state index contributed by atoms with van der Waals surface area (Å²) in [6.45, 7) is 0. The molecular weight excluding hydrogens is 288 g/mol. The molecule has 2 N–H and O–H groups in total. The maximum atomic E-state index is 12.2. The molecule has 21 heavy (non-hydrogen) atoms. The second-order valence-corrected chi connectivity index (χ2v) is 5.03. The summed E-state index contributed by atoms with van der Waals surface area (Å²) < 4.78 is 5.08. The Morgan fingerprint density at radius 2 is 1.90 bits per heavy atom. The molecule has 0 aliphatic heterocycles. The first kappa shape index (κ1) is 13.5. The number of carbonyl (C=O) groups excluding carboxylic acids is 1. The van der Waals surface area contributed by atoms with Crippen molar-refractivity contribution in [1.29, 1.82) is 0 Å². The maximum Gasteiger partial charge on any atom is 0.272 e. The van der Waals surface area contributed by atoms with E-state index in [0.29, 0.717) is 16.4 Å². The Balaban J connectivity index is 1.82. The summed E-state index contributed by atoms with van der Waals surface area (Å²) in [7, 11) is 1.60. The topological polar surface area (TPSA) is 54.1 Å². The van der Waals surface area contributed by atoms with Crippen molar-refractivity contribution in [2.45, 2.75) is 0 Å². The average molecular weight is 301 g/mol. The van der Waals surface area contributed by atoms with E-state index < -0.39 is 0 Å². The highest BCUT2D eigenvalue weighted by molar-refractivity contribution is 6.31. The van der Waals surface area contributed by atoms with Crippen molar-refractivity contribution < 1.29 is 9.53 Å². The third kappa shape index (κ3) is 2.85. The van der Waals surface area contributed by atoms with E-state index in [4.69, 9.17) is 16.3 Å². The number of fused-ring (bicyclic) bond motifs is 1. The van der Waals surface area contributed by atoms with Crippen molar-refractivity contribution in [2.75, 3.05) is 12.4 Å². The van der Waals surface area contributed by atoms with Gasteiger partial charge in [-0.2, -0.15) is 0 Å². The zero-order chi connectivity index (χ0) is 14.8. The van der Waals surface area contributed by atoms with Gasteiger partial charge in [0.05, 0.1) is 7.11 Å². The molecule has 1 aromatic heterocycles. The van der Waals surface area contributed by atoms with E-state index in [2.05, 4.69) is 10.3 Å². The van der Waals surface area contributed by atoms with Gasteiger partial charge < -0.3 is 15.0 Å². The summed E-state index contributed by atoms with van der Waals surface area (Å²) >= 11 is 5.94. The second-order valence-electron chi connectivity index (χ2n) is 4.60. The molecule has 4 nitrogen and oxygen atoms in total. The van der Waals surface area contributed by atoms with E-state index in [9.17, 15) is 4.79 Å². The Morgan fingerprint density at radius 3 is 2.62 bits per heavy atom. The van der Waals surface area contributed by atoms with Crippen LogP contribution in [0.1, 0.15) is 10.5 Å². The lowest BCUT2D eigenvalue weighted by Crippen LogP contribution is -2.12. The third-order valence-electron chi connectivity index (χ3n) is 3.18. The number of nitrogens with one attached hydrogen (secondary N) is 2. The average Bonchev–Trinajstić information content (AvgIpc) is 2.91. The van der Waals surface area contributed by atoms with Crippen LogP contribution in [0, 0.1) is 0 Å². The molecule has 0 fully saturated rings. The lowest BCUT2D eigenvalue weighted by atomic mass is 10.2. The van der Waals surface area contributed by atoms with Crippen LogP contribution in [-0.2, 0) is 0 Å². The number of ether oxygens (including phenoxy) is 1. The summed E-state index contributed by atoms with van der Waals surface area (Å²) in [5, 5.41) is 4.37. The van der Waals surface area contributed by atoms with Crippen LogP contribution >= 0.6 is 11.6 Å². The fourth-order valence-electron chi connectivity index (χ4n) is 2.10. The SMILES string of the molecule is COc1ccc(NC(=O)c2cc3cc(Cl)ccc3[nH]2)cc1. The molecule has 3 rings (SSSR count). The van der Waals surface area contributed by atoms with Gasteiger partial charge in [0.15, 0.2) is 0 Å². The number of rotatable bonds is 3. The molecule has 0 unspecified atom stereocenters. The molecule has 1 amide bonds. The molecule has 5 heteroatoms. The number of carbonyl (C=O) groups is 1. The first-order valence-corrected chi connectivity index (χ1v) is 6.77. The van der Waals surface area contributed by atoms with Crippen LogP contribution in [0.3, 0.4) is 0 Å². The number of H-pyrrole nitrogens is 1. The van der Waals surface area contributed by atoms with Crippen LogP contribution in [0.4, 0.5) is 5.69 Å². The Hall–Kier alpha value is -2.46. The predicted octanol–water partition coefficient (Wildman–Crippen LogP) is 4.08. The molecule has 0 spiro atoms. The van der Waals surface area contributed by atoms with Crippen LogP contribution < -0.4 is 10.1 Å². The molecular formula is C16H13ClN2O2. The Bertz CT molecular complexity index is 794. The van der Waals surface area contributed by atoms with E-state index in [1.165, 1.54) is 0 Å². The minimum Gasteiger partial charge on any atom is -0.497 e. The minimum absolute atomic E-state index is 0.201. The smallest absolute Gasteiger partial charge is 0.272 e. The first-order valence-electron chi connectivity index (χ1n) is 6.39. The molecule has 0 aliphatic carbocycles. The van der Waals surface area contributed by atoms with Crippen molar-refractivity contribution in [3.8, 4) is 5.75 Å². The quantitative estimate of drug-likeness (QED) is 0.765. The fraction of sp³-hybridized carbons (Fsp3) is 0.0625. The number of benzene rings is 2. The van der Waals surface area contributed by atoms with Crippen molar-refractivity contribution in [3.05, 3.63) is 59.2 Å². The van der Waals surface area contributed by atoms with Crippen molar-refractivity contribution >= 4 is 34.1 Å². The summed E-state index contributed by atoms with van der Waals surface area (Å²) in [6.07, 6.45) is 0. The largest absolute Gasteiger partial charge is 0.497 e. The molecule has 0 aliphatic rings. The number of hydrogen-bond donors (Lipinski definition) is 2. The number of anilines is 1. The molecule has 0 saturated heterocycles. The lowest BCUT2D eigenvalue weighted by Gasteiger charge is -2.04. The Labute approximate surface area is 126 Å². The third-order valence-corrected chi connectivity index (χ3v) is 3.41. The van der Waals surface area contributed by atoms with E-state index in [1.54, 1.807) is 43.5 Å². The van der Waals surface area contributed by atoms with E-state index in [0.717, 1.165) is 16.7 Å².